The van der Waals surface area contributed by atoms with Gasteiger partial charge in [-0.2, -0.15) is 0 Å². The number of hydrogen-bond acceptors (Lipinski definition) is 5. The molecule has 0 fully saturated rings. The van der Waals surface area contributed by atoms with Crippen LogP contribution in [0.3, 0.4) is 0 Å². The minimum Gasteiger partial charge on any atom is -0.454 e. The van der Waals surface area contributed by atoms with Crippen molar-refractivity contribution in [3.05, 3.63) is 42.1 Å². The zero-order chi connectivity index (χ0) is 17.8. The highest BCUT2D eigenvalue weighted by molar-refractivity contribution is 5.89. The molecule has 2 heterocycles. The summed E-state index contributed by atoms with van der Waals surface area (Å²) in [5, 5.41) is 2.88. The van der Waals surface area contributed by atoms with E-state index in [0.717, 1.165) is 22.9 Å². The van der Waals surface area contributed by atoms with Crippen LogP contribution in [0.1, 0.15) is 12.5 Å². The predicted molar refractivity (Wildman–Crippen MR) is 96.2 cm³/mol. The lowest BCUT2D eigenvalue weighted by molar-refractivity contribution is 0.174. The van der Waals surface area contributed by atoms with Gasteiger partial charge in [0.05, 0.1) is 11.9 Å². The van der Waals surface area contributed by atoms with E-state index >= 15 is 0 Å². The molecule has 1 aromatic carbocycles. The third kappa shape index (κ3) is 3.93. The third-order valence-corrected chi connectivity index (χ3v) is 3.94. The van der Waals surface area contributed by atoms with Gasteiger partial charge in [-0.1, -0.05) is 6.07 Å². The molecule has 7 heteroatoms. The lowest BCUT2D eigenvalue weighted by atomic mass is 10.2. The molecular formula is C18H22N4O3. The van der Waals surface area contributed by atoms with Crippen LogP contribution >= 0.6 is 0 Å². The Morgan fingerprint density at radius 1 is 1.20 bits per heavy atom. The van der Waals surface area contributed by atoms with E-state index in [1.54, 1.807) is 11.1 Å². The summed E-state index contributed by atoms with van der Waals surface area (Å²) in [6, 6.07) is 9.26. The standard InChI is InChI=1S/C18H22N4O3/c1-4-22(11-13-5-7-15-16(9-13)25-12-24-15)18(23)20-14-6-8-17(19-10-14)21(2)3/h5-10H,4,11-12H2,1-3H3,(H,20,23). The second-order valence-corrected chi connectivity index (χ2v) is 5.93. The number of pyridine rings is 1. The molecule has 1 aliphatic heterocycles. The number of benzene rings is 1. The molecule has 132 valence electrons. The van der Waals surface area contributed by atoms with Gasteiger partial charge >= 0.3 is 6.03 Å². The summed E-state index contributed by atoms with van der Waals surface area (Å²) >= 11 is 0. The number of urea groups is 1. The summed E-state index contributed by atoms with van der Waals surface area (Å²) in [6.07, 6.45) is 1.65. The Bertz CT molecular complexity index is 746. The molecule has 0 radical (unpaired) electrons. The number of aromatic nitrogens is 1. The maximum Gasteiger partial charge on any atom is 0.322 e. The molecule has 0 saturated heterocycles. The van der Waals surface area contributed by atoms with E-state index in [1.807, 2.05) is 56.3 Å². The SMILES string of the molecule is CCN(Cc1ccc2c(c1)OCO2)C(=O)Nc1ccc(N(C)C)nc1. The maximum absolute atomic E-state index is 12.5. The van der Waals surface area contributed by atoms with Crippen LogP contribution in [0.4, 0.5) is 16.3 Å². The van der Waals surface area contributed by atoms with Crippen LogP contribution in [0.25, 0.3) is 0 Å². The van der Waals surface area contributed by atoms with Gasteiger partial charge < -0.3 is 24.6 Å². The van der Waals surface area contributed by atoms with Crippen LogP contribution in [-0.2, 0) is 6.54 Å². The van der Waals surface area contributed by atoms with Crippen LogP contribution in [0.2, 0.25) is 0 Å². The van der Waals surface area contributed by atoms with Crippen molar-refractivity contribution >= 4 is 17.5 Å². The zero-order valence-electron chi connectivity index (χ0n) is 14.7. The Kier molecular flexibility index (Phi) is 4.92. The van der Waals surface area contributed by atoms with Crippen molar-refractivity contribution in [2.24, 2.45) is 0 Å². The monoisotopic (exact) mass is 342 g/mol. The average Bonchev–Trinajstić information content (AvgIpc) is 3.07. The van der Waals surface area contributed by atoms with Crippen molar-refractivity contribution < 1.29 is 14.3 Å². The molecule has 0 atom stereocenters. The molecule has 2 aromatic rings. The van der Waals surface area contributed by atoms with Gasteiger partial charge in [-0.3, -0.25) is 0 Å². The number of hydrogen-bond donors (Lipinski definition) is 1. The highest BCUT2D eigenvalue weighted by Crippen LogP contribution is 2.32. The Morgan fingerprint density at radius 2 is 2.00 bits per heavy atom. The summed E-state index contributed by atoms with van der Waals surface area (Å²) in [5.74, 6) is 2.30. The van der Waals surface area contributed by atoms with Crippen molar-refractivity contribution in [3.8, 4) is 11.5 Å². The molecule has 1 aromatic heterocycles. The van der Waals surface area contributed by atoms with Gasteiger partial charge in [0, 0.05) is 27.2 Å². The highest BCUT2D eigenvalue weighted by atomic mass is 16.7. The van der Waals surface area contributed by atoms with Crippen LogP contribution in [0.5, 0.6) is 11.5 Å². The Balaban J connectivity index is 1.64. The van der Waals surface area contributed by atoms with E-state index in [9.17, 15) is 4.79 Å². The molecule has 0 aliphatic carbocycles. The predicted octanol–water partition coefficient (Wildman–Crippen LogP) is 2.93. The first-order valence-corrected chi connectivity index (χ1v) is 8.14. The number of carbonyl (C=O) groups excluding carboxylic acids is 1. The fourth-order valence-electron chi connectivity index (χ4n) is 2.51. The van der Waals surface area contributed by atoms with Gasteiger partial charge in [0.2, 0.25) is 6.79 Å². The summed E-state index contributed by atoms with van der Waals surface area (Å²) in [5.41, 5.74) is 1.65. The van der Waals surface area contributed by atoms with Crippen LogP contribution in [0.15, 0.2) is 36.5 Å². The van der Waals surface area contributed by atoms with Crippen molar-refractivity contribution in [1.29, 1.82) is 0 Å². The van der Waals surface area contributed by atoms with Gasteiger partial charge in [0.1, 0.15) is 5.82 Å². The van der Waals surface area contributed by atoms with E-state index in [1.165, 1.54) is 0 Å². The van der Waals surface area contributed by atoms with Crippen LogP contribution in [0, 0.1) is 0 Å². The first-order valence-electron chi connectivity index (χ1n) is 8.14. The van der Waals surface area contributed by atoms with E-state index in [4.69, 9.17) is 9.47 Å². The summed E-state index contributed by atoms with van der Waals surface area (Å²) in [7, 11) is 3.84. The van der Waals surface area contributed by atoms with E-state index in [-0.39, 0.29) is 12.8 Å². The molecule has 0 saturated carbocycles. The Labute approximate surface area is 147 Å². The molecule has 25 heavy (non-hydrogen) atoms. The largest absolute Gasteiger partial charge is 0.454 e. The maximum atomic E-state index is 12.5. The highest BCUT2D eigenvalue weighted by Gasteiger charge is 2.17. The van der Waals surface area contributed by atoms with Gasteiger partial charge in [-0.05, 0) is 36.8 Å². The fourth-order valence-corrected chi connectivity index (χ4v) is 2.51. The summed E-state index contributed by atoms with van der Waals surface area (Å²) in [6.45, 7) is 3.26. The molecule has 3 rings (SSSR count). The topological polar surface area (TPSA) is 66.9 Å². The van der Waals surface area contributed by atoms with Gasteiger partial charge in [-0.25, -0.2) is 9.78 Å². The number of rotatable bonds is 5. The number of nitrogens with zero attached hydrogens (tertiary/aromatic N) is 3. The van der Waals surface area contributed by atoms with Gasteiger partial charge in [0.15, 0.2) is 11.5 Å². The number of carbonyl (C=O) groups is 1. The molecule has 1 aliphatic rings. The lowest BCUT2D eigenvalue weighted by Crippen LogP contribution is -2.34. The van der Waals surface area contributed by atoms with Gasteiger partial charge in [-0.15, -0.1) is 0 Å². The summed E-state index contributed by atoms with van der Waals surface area (Å²) < 4.78 is 10.7. The van der Waals surface area contributed by atoms with E-state index in [0.29, 0.717) is 18.8 Å². The second kappa shape index (κ2) is 7.29. The zero-order valence-corrected chi connectivity index (χ0v) is 14.7. The molecule has 0 spiro atoms. The first-order chi connectivity index (χ1) is 12.1. The van der Waals surface area contributed by atoms with E-state index in [2.05, 4.69) is 10.3 Å². The first kappa shape index (κ1) is 16.9. The Morgan fingerprint density at radius 3 is 2.68 bits per heavy atom. The van der Waals surface area contributed by atoms with E-state index < -0.39 is 0 Å². The second-order valence-electron chi connectivity index (χ2n) is 5.93. The quantitative estimate of drug-likeness (QED) is 0.905. The molecular weight excluding hydrogens is 320 g/mol. The molecule has 1 N–H and O–H groups in total. The number of fused-ring (bicyclic) bond motifs is 1. The minimum absolute atomic E-state index is 0.167. The fraction of sp³-hybridized carbons (Fsp3) is 0.333. The molecule has 2 amide bonds. The number of amides is 2. The number of nitrogens with one attached hydrogen (secondary N) is 1. The number of ether oxygens (including phenoxy) is 2. The summed E-state index contributed by atoms with van der Waals surface area (Å²) in [4.78, 5) is 20.4. The van der Waals surface area contributed by atoms with Crippen molar-refractivity contribution in [3.63, 3.8) is 0 Å². The Hall–Kier alpha value is -2.96. The number of anilines is 2. The van der Waals surface area contributed by atoms with Crippen molar-refractivity contribution in [2.75, 3.05) is 37.6 Å². The average molecular weight is 342 g/mol. The smallest absolute Gasteiger partial charge is 0.322 e. The van der Waals surface area contributed by atoms with Crippen molar-refractivity contribution in [1.82, 2.24) is 9.88 Å². The molecule has 7 nitrogen and oxygen atoms in total. The van der Waals surface area contributed by atoms with Crippen LogP contribution in [-0.4, -0.2) is 43.3 Å². The van der Waals surface area contributed by atoms with Crippen molar-refractivity contribution in [2.45, 2.75) is 13.5 Å². The molecule has 0 unspecified atom stereocenters. The van der Waals surface area contributed by atoms with Gasteiger partial charge in [0.25, 0.3) is 0 Å². The third-order valence-electron chi connectivity index (χ3n) is 3.94. The minimum atomic E-state index is -0.167. The lowest BCUT2D eigenvalue weighted by Gasteiger charge is -2.22. The normalized spacial score (nSPS) is 12.0. The molecule has 0 bridgehead atoms. The van der Waals surface area contributed by atoms with Crippen LogP contribution < -0.4 is 19.7 Å².